The molecule has 0 aliphatic rings. The van der Waals surface area contributed by atoms with Gasteiger partial charge in [0.15, 0.2) is 0 Å². The fourth-order valence-corrected chi connectivity index (χ4v) is 1.39. The number of hydrogen-bond donors (Lipinski definition) is 1. The van der Waals surface area contributed by atoms with Crippen LogP contribution in [0, 0.1) is 13.8 Å². The smallest absolute Gasteiger partial charge is 0.294 e. The van der Waals surface area contributed by atoms with Crippen molar-refractivity contribution >= 4 is 23.2 Å². The topological polar surface area (TPSA) is 68.0 Å². The van der Waals surface area contributed by atoms with Crippen LogP contribution in [0.5, 0.6) is 0 Å². The number of nitrogens with zero attached hydrogens (tertiary/aromatic N) is 2. The SMILES string of the molecule is Cc1cc(C(=O)Nc2cnc(Cl)c(C)c2)on1. The van der Waals surface area contributed by atoms with Crippen LogP contribution in [-0.2, 0) is 0 Å². The maximum Gasteiger partial charge on any atom is 0.294 e. The summed E-state index contributed by atoms with van der Waals surface area (Å²) in [5, 5.41) is 6.70. The molecule has 2 aromatic rings. The van der Waals surface area contributed by atoms with E-state index < -0.39 is 0 Å². The molecule has 0 aromatic carbocycles. The molecule has 88 valence electrons. The zero-order valence-electron chi connectivity index (χ0n) is 9.32. The molecule has 1 N–H and O–H groups in total. The van der Waals surface area contributed by atoms with E-state index in [0.29, 0.717) is 16.5 Å². The van der Waals surface area contributed by atoms with Crippen LogP contribution >= 0.6 is 11.6 Å². The minimum absolute atomic E-state index is 0.162. The van der Waals surface area contributed by atoms with Gasteiger partial charge in [-0.3, -0.25) is 4.79 Å². The first-order valence-electron chi connectivity index (χ1n) is 4.93. The highest BCUT2D eigenvalue weighted by atomic mass is 35.5. The van der Waals surface area contributed by atoms with Gasteiger partial charge in [0.05, 0.1) is 17.6 Å². The summed E-state index contributed by atoms with van der Waals surface area (Å²) >= 11 is 5.79. The molecule has 0 aliphatic carbocycles. The molecular weight excluding hydrogens is 242 g/mol. The summed E-state index contributed by atoms with van der Waals surface area (Å²) in [5.41, 5.74) is 2.00. The predicted molar refractivity (Wildman–Crippen MR) is 63.2 cm³/mol. The van der Waals surface area contributed by atoms with Crippen molar-refractivity contribution in [3.05, 3.63) is 40.5 Å². The van der Waals surface area contributed by atoms with Gasteiger partial charge in [-0.15, -0.1) is 0 Å². The zero-order valence-corrected chi connectivity index (χ0v) is 10.1. The van der Waals surface area contributed by atoms with Crippen LogP contribution in [0.3, 0.4) is 0 Å². The highest BCUT2D eigenvalue weighted by Gasteiger charge is 2.12. The fourth-order valence-electron chi connectivity index (χ4n) is 1.29. The predicted octanol–water partition coefficient (Wildman–Crippen LogP) is 2.59. The summed E-state index contributed by atoms with van der Waals surface area (Å²) in [7, 11) is 0. The monoisotopic (exact) mass is 251 g/mol. The molecule has 0 spiro atoms. The van der Waals surface area contributed by atoms with E-state index >= 15 is 0 Å². The number of carbonyl (C=O) groups excluding carboxylic acids is 1. The Bertz CT molecular complexity index is 566. The molecule has 0 saturated heterocycles. The van der Waals surface area contributed by atoms with E-state index in [1.165, 1.54) is 6.20 Å². The third-order valence-electron chi connectivity index (χ3n) is 2.12. The highest BCUT2D eigenvalue weighted by molar-refractivity contribution is 6.30. The largest absolute Gasteiger partial charge is 0.351 e. The quantitative estimate of drug-likeness (QED) is 0.833. The number of rotatable bonds is 2. The zero-order chi connectivity index (χ0) is 12.4. The third kappa shape index (κ3) is 2.62. The lowest BCUT2D eigenvalue weighted by Gasteiger charge is -2.03. The van der Waals surface area contributed by atoms with E-state index in [-0.39, 0.29) is 11.7 Å². The summed E-state index contributed by atoms with van der Waals surface area (Å²) < 4.78 is 4.84. The Morgan fingerprint density at radius 2 is 2.18 bits per heavy atom. The Hall–Kier alpha value is -1.88. The van der Waals surface area contributed by atoms with E-state index in [0.717, 1.165) is 5.56 Å². The lowest BCUT2D eigenvalue weighted by molar-refractivity contribution is 0.0988. The molecule has 2 rings (SSSR count). The second kappa shape index (κ2) is 4.55. The lowest BCUT2D eigenvalue weighted by Crippen LogP contribution is -2.11. The molecule has 0 unspecified atom stereocenters. The maximum atomic E-state index is 11.7. The Kier molecular flexibility index (Phi) is 3.10. The molecule has 0 radical (unpaired) electrons. The van der Waals surface area contributed by atoms with Crippen molar-refractivity contribution in [2.45, 2.75) is 13.8 Å². The van der Waals surface area contributed by atoms with Crippen LogP contribution in [-0.4, -0.2) is 16.0 Å². The van der Waals surface area contributed by atoms with E-state index in [1.807, 2.05) is 6.92 Å². The van der Waals surface area contributed by atoms with E-state index in [4.69, 9.17) is 16.1 Å². The van der Waals surface area contributed by atoms with E-state index in [1.54, 1.807) is 19.1 Å². The molecular formula is C11H10ClN3O2. The number of anilines is 1. The molecule has 0 aliphatic heterocycles. The molecule has 2 aromatic heterocycles. The average molecular weight is 252 g/mol. The first-order chi connectivity index (χ1) is 8.06. The van der Waals surface area contributed by atoms with Gasteiger partial charge in [-0.25, -0.2) is 4.98 Å². The van der Waals surface area contributed by atoms with Gasteiger partial charge in [0.1, 0.15) is 5.15 Å². The summed E-state index contributed by atoms with van der Waals surface area (Å²) in [6.07, 6.45) is 1.48. The number of hydrogen-bond acceptors (Lipinski definition) is 4. The number of nitrogens with one attached hydrogen (secondary N) is 1. The van der Waals surface area contributed by atoms with Crippen molar-refractivity contribution in [1.29, 1.82) is 0 Å². The number of pyridine rings is 1. The van der Waals surface area contributed by atoms with Gasteiger partial charge >= 0.3 is 0 Å². The van der Waals surface area contributed by atoms with Crippen LogP contribution < -0.4 is 5.32 Å². The van der Waals surface area contributed by atoms with Crippen molar-refractivity contribution < 1.29 is 9.32 Å². The normalized spacial score (nSPS) is 10.3. The van der Waals surface area contributed by atoms with Crippen LogP contribution in [0.1, 0.15) is 21.8 Å². The second-order valence-corrected chi connectivity index (χ2v) is 3.98. The van der Waals surface area contributed by atoms with Crippen LogP contribution in [0.4, 0.5) is 5.69 Å². The van der Waals surface area contributed by atoms with Crippen molar-refractivity contribution in [1.82, 2.24) is 10.1 Å². The van der Waals surface area contributed by atoms with Crippen molar-refractivity contribution in [3.8, 4) is 0 Å². The van der Waals surface area contributed by atoms with Gasteiger partial charge in [0.25, 0.3) is 5.91 Å². The van der Waals surface area contributed by atoms with Crippen molar-refractivity contribution in [2.75, 3.05) is 5.32 Å². The number of carbonyl (C=O) groups is 1. The minimum atomic E-state index is -0.367. The maximum absolute atomic E-state index is 11.7. The second-order valence-electron chi connectivity index (χ2n) is 3.62. The fraction of sp³-hybridized carbons (Fsp3) is 0.182. The van der Waals surface area contributed by atoms with Crippen LogP contribution in [0.15, 0.2) is 22.9 Å². The van der Waals surface area contributed by atoms with E-state index in [2.05, 4.69) is 15.5 Å². The highest BCUT2D eigenvalue weighted by Crippen LogP contribution is 2.16. The standard InChI is InChI=1S/C11H10ClN3O2/c1-6-3-8(5-13-10(6)12)14-11(16)9-4-7(2)15-17-9/h3-5H,1-2H3,(H,14,16). The minimum Gasteiger partial charge on any atom is -0.351 e. The molecule has 17 heavy (non-hydrogen) atoms. The summed E-state index contributed by atoms with van der Waals surface area (Å²) in [4.78, 5) is 15.7. The Balaban J connectivity index is 2.15. The molecule has 1 amide bonds. The lowest BCUT2D eigenvalue weighted by atomic mass is 10.3. The van der Waals surface area contributed by atoms with Gasteiger partial charge in [0.2, 0.25) is 5.76 Å². The number of halogens is 1. The van der Waals surface area contributed by atoms with Gasteiger partial charge in [-0.1, -0.05) is 16.8 Å². The molecule has 5 nitrogen and oxygen atoms in total. The molecule has 6 heteroatoms. The summed E-state index contributed by atoms with van der Waals surface area (Å²) in [6.45, 7) is 3.55. The number of aryl methyl sites for hydroxylation is 2. The first-order valence-corrected chi connectivity index (χ1v) is 5.31. The number of aromatic nitrogens is 2. The van der Waals surface area contributed by atoms with Gasteiger partial charge in [-0.2, -0.15) is 0 Å². The first kappa shape index (κ1) is 11.6. The Morgan fingerprint density at radius 3 is 2.76 bits per heavy atom. The van der Waals surface area contributed by atoms with Crippen molar-refractivity contribution in [3.63, 3.8) is 0 Å². The van der Waals surface area contributed by atoms with Gasteiger partial charge in [0, 0.05) is 6.07 Å². The Labute approximate surface area is 103 Å². The molecule has 0 bridgehead atoms. The molecule has 0 saturated carbocycles. The van der Waals surface area contributed by atoms with E-state index in [9.17, 15) is 4.79 Å². The van der Waals surface area contributed by atoms with Crippen molar-refractivity contribution in [2.24, 2.45) is 0 Å². The summed E-state index contributed by atoms with van der Waals surface area (Å²) in [5.74, 6) is -0.204. The molecule has 0 fully saturated rings. The number of amides is 1. The van der Waals surface area contributed by atoms with Crippen LogP contribution in [0.2, 0.25) is 5.15 Å². The Morgan fingerprint density at radius 1 is 1.41 bits per heavy atom. The molecule has 0 atom stereocenters. The third-order valence-corrected chi connectivity index (χ3v) is 2.52. The van der Waals surface area contributed by atoms with Gasteiger partial charge in [-0.05, 0) is 25.5 Å². The average Bonchev–Trinajstić information content (AvgIpc) is 2.70. The molecule has 2 heterocycles. The van der Waals surface area contributed by atoms with Gasteiger partial charge < -0.3 is 9.84 Å². The van der Waals surface area contributed by atoms with Crippen LogP contribution in [0.25, 0.3) is 0 Å². The summed E-state index contributed by atoms with van der Waals surface area (Å²) in [6, 6.07) is 3.29.